The predicted octanol–water partition coefficient (Wildman–Crippen LogP) is 7.93. The number of hydrogen-bond donors (Lipinski definition) is 3. The molecule has 0 aliphatic rings. The lowest BCUT2D eigenvalue weighted by Crippen LogP contribution is -2.30. The molecule has 3 N–H and O–H groups in total. The summed E-state index contributed by atoms with van der Waals surface area (Å²) in [7, 11) is 0. The maximum Gasteiger partial charge on any atom is 0.272 e. The molecule has 4 aromatic rings. The number of benzene rings is 4. The third kappa shape index (κ3) is 8.58. The molecule has 6 nitrogen and oxygen atoms in total. The van der Waals surface area contributed by atoms with Crippen LogP contribution in [0.15, 0.2) is 102 Å². The lowest BCUT2D eigenvalue weighted by molar-refractivity contribution is -0.114. The van der Waals surface area contributed by atoms with Crippen molar-refractivity contribution in [2.24, 2.45) is 0 Å². The summed E-state index contributed by atoms with van der Waals surface area (Å²) < 4.78 is 14.5. The highest BCUT2D eigenvalue weighted by atomic mass is 35.5. The molecule has 208 valence electrons. The molecule has 41 heavy (non-hydrogen) atoms. The smallest absolute Gasteiger partial charge is 0.272 e. The monoisotopic (exact) mass is 627 g/mol. The van der Waals surface area contributed by atoms with E-state index in [1.54, 1.807) is 66.7 Å². The molecule has 11 heteroatoms. The fraction of sp³-hybridized carbons (Fsp3) is 0.0333. The topological polar surface area (TPSA) is 87.3 Å². The number of anilines is 2. The van der Waals surface area contributed by atoms with Crippen LogP contribution in [0, 0.1) is 5.82 Å². The van der Waals surface area contributed by atoms with Gasteiger partial charge in [-0.25, -0.2) is 4.39 Å². The van der Waals surface area contributed by atoms with Crippen LogP contribution in [0.1, 0.15) is 15.9 Å². The third-order valence-electron chi connectivity index (χ3n) is 5.50. The Bertz CT molecular complexity index is 1600. The molecular weight excluding hydrogens is 608 g/mol. The summed E-state index contributed by atoms with van der Waals surface area (Å²) >= 11 is 19.4. The van der Waals surface area contributed by atoms with E-state index >= 15 is 0 Å². The highest BCUT2D eigenvalue weighted by Gasteiger charge is 2.17. The SMILES string of the molecule is O=C(CSc1ccc(NC(=O)/C(=C/c2c(F)cccc2Cl)NC(=O)c2ccccc2)cc1)Nc1ccc(Cl)cc1Cl. The number of rotatable bonds is 9. The number of hydrogen-bond acceptors (Lipinski definition) is 4. The maximum absolute atomic E-state index is 14.5. The largest absolute Gasteiger partial charge is 0.324 e. The molecular formula is C30H21Cl3FN3O3S. The summed E-state index contributed by atoms with van der Waals surface area (Å²) in [6.07, 6.45) is 1.18. The highest BCUT2D eigenvalue weighted by molar-refractivity contribution is 8.00. The predicted molar refractivity (Wildman–Crippen MR) is 164 cm³/mol. The van der Waals surface area contributed by atoms with Crippen LogP contribution in [0.5, 0.6) is 0 Å². The van der Waals surface area contributed by atoms with Gasteiger partial charge in [-0.1, -0.05) is 59.1 Å². The minimum Gasteiger partial charge on any atom is -0.324 e. The molecule has 0 fully saturated rings. The zero-order chi connectivity index (χ0) is 29.4. The van der Waals surface area contributed by atoms with Crippen molar-refractivity contribution in [3.63, 3.8) is 0 Å². The van der Waals surface area contributed by atoms with Gasteiger partial charge in [0.1, 0.15) is 11.5 Å². The van der Waals surface area contributed by atoms with Gasteiger partial charge in [0, 0.05) is 26.7 Å². The number of amides is 3. The molecule has 4 rings (SSSR count). The maximum atomic E-state index is 14.5. The van der Waals surface area contributed by atoms with Crippen LogP contribution >= 0.6 is 46.6 Å². The average molecular weight is 629 g/mol. The fourth-order valence-electron chi connectivity index (χ4n) is 3.49. The van der Waals surface area contributed by atoms with E-state index in [1.807, 2.05) is 0 Å². The summed E-state index contributed by atoms with van der Waals surface area (Å²) in [5.41, 5.74) is 0.935. The molecule has 0 radical (unpaired) electrons. The second-order valence-electron chi connectivity index (χ2n) is 8.45. The van der Waals surface area contributed by atoms with Gasteiger partial charge in [-0.2, -0.15) is 0 Å². The first-order valence-electron chi connectivity index (χ1n) is 12.0. The first-order chi connectivity index (χ1) is 19.7. The fourth-order valence-corrected chi connectivity index (χ4v) is 4.87. The molecule has 0 aromatic heterocycles. The number of carbonyl (C=O) groups excluding carboxylic acids is 3. The third-order valence-corrected chi connectivity index (χ3v) is 7.39. The highest BCUT2D eigenvalue weighted by Crippen LogP contribution is 2.27. The van der Waals surface area contributed by atoms with Crippen molar-refractivity contribution in [1.82, 2.24) is 5.32 Å². The normalized spacial score (nSPS) is 11.1. The zero-order valence-corrected chi connectivity index (χ0v) is 24.2. The summed E-state index contributed by atoms with van der Waals surface area (Å²) in [6, 6.07) is 23.9. The van der Waals surface area contributed by atoms with Gasteiger partial charge in [0.25, 0.3) is 11.8 Å². The van der Waals surface area contributed by atoms with Crippen LogP contribution in [-0.4, -0.2) is 23.5 Å². The number of carbonyl (C=O) groups is 3. The Hall–Kier alpha value is -3.82. The Morgan fingerprint density at radius 3 is 2.22 bits per heavy atom. The average Bonchev–Trinajstić information content (AvgIpc) is 2.96. The van der Waals surface area contributed by atoms with Crippen molar-refractivity contribution in [2.75, 3.05) is 16.4 Å². The Balaban J connectivity index is 1.43. The van der Waals surface area contributed by atoms with Gasteiger partial charge in [0.05, 0.1) is 21.5 Å². The van der Waals surface area contributed by atoms with E-state index in [2.05, 4.69) is 16.0 Å². The molecule has 3 amide bonds. The van der Waals surface area contributed by atoms with Crippen LogP contribution in [0.3, 0.4) is 0 Å². The molecule has 0 bridgehead atoms. The number of nitrogens with one attached hydrogen (secondary N) is 3. The van der Waals surface area contributed by atoms with E-state index < -0.39 is 17.6 Å². The van der Waals surface area contributed by atoms with E-state index in [0.717, 1.165) is 4.90 Å². The molecule has 0 spiro atoms. The first kappa shape index (κ1) is 30.1. The van der Waals surface area contributed by atoms with Crippen LogP contribution in [-0.2, 0) is 9.59 Å². The van der Waals surface area contributed by atoms with Crippen molar-refractivity contribution in [2.45, 2.75) is 4.90 Å². The Labute approximate surface area is 254 Å². The zero-order valence-electron chi connectivity index (χ0n) is 21.1. The molecule has 0 aliphatic carbocycles. The van der Waals surface area contributed by atoms with E-state index in [9.17, 15) is 18.8 Å². The van der Waals surface area contributed by atoms with E-state index in [0.29, 0.717) is 27.0 Å². The van der Waals surface area contributed by atoms with Gasteiger partial charge in [-0.15, -0.1) is 11.8 Å². The van der Waals surface area contributed by atoms with Crippen LogP contribution in [0.2, 0.25) is 15.1 Å². The van der Waals surface area contributed by atoms with Gasteiger partial charge in [-0.05, 0) is 72.8 Å². The van der Waals surface area contributed by atoms with Crippen molar-refractivity contribution in [3.8, 4) is 0 Å². The van der Waals surface area contributed by atoms with Gasteiger partial charge in [0.2, 0.25) is 5.91 Å². The van der Waals surface area contributed by atoms with Gasteiger partial charge >= 0.3 is 0 Å². The second kappa shape index (κ2) is 14.2. The van der Waals surface area contributed by atoms with Gasteiger partial charge in [0.15, 0.2) is 0 Å². The summed E-state index contributed by atoms with van der Waals surface area (Å²) in [5.74, 6) is -2.03. The summed E-state index contributed by atoms with van der Waals surface area (Å²) in [5, 5.41) is 8.84. The molecule has 0 aliphatic heterocycles. The summed E-state index contributed by atoms with van der Waals surface area (Å²) in [6.45, 7) is 0. The number of thioether (sulfide) groups is 1. The quantitative estimate of drug-likeness (QED) is 0.130. The Morgan fingerprint density at radius 1 is 0.805 bits per heavy atom. The standard InChI is InChI=1S/C30H21Cl3FN3O3S/c31-19-9-14-26(24(33)15-19)36-28(38)17-41-21-12-10-20(11-13-21)35-30(40)27(16-22-23(32)7-4-8-25(22)34)37-29(39)18-5-2-1-3-6-18/h1-16H,17H2,(H,35,40)(H,36,38)(H,37,39)/b27-16-. The van der Waals surface area contributed by atoms with Crippen molar-refractivity contribution < 1.29 is 18.8 Å². The van der Waals surface area contributed by atoms with Gasteiger partial charge < -0.3 is 16.0 Å². The molecule has 0 saturated carbocycles. The Morgan fingerprint density at radius 2 is 1.54 bits per heavy atom. The minimum absolute atomic E-state index is 0.0439. The second-order valence-corrected chi connectivity index (χ2v) is 10.8. The lowest BCUT2D eigenvalue weighted by Gasteiger charge is -2.12. The minimum atomic E-state index is -0.687. The van der Waals surface area contributed by atoms with Crippen LogP contribution in [0.25, 0.3) is 6.08 Å². The number of halogens is 4. The molecule has 0 atom stereocenters. The molecule has 0 unspecified atom stereocenters. The van der Waals surface area contributed by atoms with E-state index in [4.69, 9.17) is 34.8 Å². The van der Waals surface area contributed by atoms with E-state index in [-0.39, 0.29) is 27.9 Å². The first-order valence-corrected chi connectivity index (χ1v) is 14.1. The summed E-state index contributed by atoms with van der Waals surface area (Å²) in [4.78, 5) is 39.1. The molecule has 0 saturated heterocycles. The van der Waals surface area contributed by atoms with Crippen molar-refractivity contribution in [3.05, 3.63) is 129 Å². The molecule has 0 heterocycles. The lowest BCUT2D eigenvalue weighted by atomic mass is 10.1. The van der Waals surface area contributed by atoms with E-state index in [1.165, 1.54) is 42.1 Å². The van der Waals surface area contributed by atoms with Crippen LogP contribution < -0.4 is 16.0 Å². The van der Waals surface area contributed by atoms with Crippen molar-refractivity contribution >= 4 is 81.7 Å². The molecule has 4 aromatic carbocycles. The Kier molecular flexibility index (Phi) is 10.4. The van der Waals surface area contributed by atoms with Crippen molar-refractivity contribution in [1.29, 1.82) is 0 Å². The van der Waals surface area contributed by atoms with Crippen LogP contribution in [0.4, 0.5) is 15.8 Å². The van der Waals surface area contributed by atoms with Gasteiger partial charge in [-0.3, -0.25) is 14.4 Å².